The third-order valence-corrected chi connectivity index (χ3v) is 5.11. The maximum atomic E-state index is 10.4. The summed E-state index contributed by atoms with van der Waals surface area (Å²) in [6.45, 7) is 2.25. The SMILES string of the molecule is CCOc1nc(-c2ccc(O)cc2O)nc(-c2c3ccccc3cc3ccccc23)n1. The first-order valence-corrected chi connectivity index (χ1v) is 9.96. The molecule has 0 spiro atoms. The van der Waals surface area contributed by atoms with Gasteiger partial charge in [-0.1, -0.05) is 48.5 Å². The highest BCUT2D eigenvalue weighted by Crippen LogP contribution is 2.37. The largest absolute Gasteiger partial charge is 0.508 e. The van der Waals surface area contributed by atoms with Crippen LogP contribution in [0, 0.1) is 0 Å². The van der Waals surface area contributed by atoms with E-state index >= 15 is 0 Å². The molecule has 2 N–H and O–H groups in total. The molecule has 0 radical (unpaired) electrons. The van der Waals surface area contributed by atoms with Gasteiger partial charge >= 0.3 is 6.01 Å². The normalized spacial score (nSPS) is 11.1. The van der Waals surface area contributed by atoms with Gasteiger partial charge in [0.1, 0.15) is 11.5 Å². The Bertz CT molecular complexity index is 1380. The lowest BCUT2D eigenvalue weighted by atomic mass is 9.96. The Morgan fingerprint density at radius 1 is 0.742 bits per heavy atom. The molecule has 0 atom stereocenters. The minimum absolute atomic E-state index is 0.0411. The highest BCUT2D eigenvalue weighted by molar-refractivity contribution is 6.11. The van der Waals surface area contributed by atoms with E-state index in [2.05, 4.69) is 28.2 Å². The van der Waals surface area contributed by atoms with Crippen molar-refractivity contribution >= 4 is 21.5 Å². The number of phenolic OH excluding ortho intramolecular Hbond substituents is 2. The standard InChI is InChI=1S/C25H19N3O3/c1-2-31-25-27-23(20-12-11-17(29)14-21(20)30)26-24(28-25)22-18-9-5-3-7-15(18)13-16-8-4-6-10-19(16)22/h3-14,29-30H,2H2,1H3. The summed E-state index contributed by atoms with van der Waals surface area (Å²) in [6, 6.07) is 22.8. The van der Waals surface area contributed by atoms with Crippen LogP contribution in [0.3, 0.4) is 0 Å². The molecule has 0 unspecified atom stereocenters. The molecular weight excluding hydrogens is 390 g/mol. The van der Waals surface area contributed by atoms with E-state index in [1.54, 1.807) is 6.07 Å². The van der Waals surface area contributed by atoms with E-state index in [1.165, 1.54) is 12.1 Å². The van der Waals surface area contributed by atoms with Gasteiger partial charge in [-0.3, -0.25) is 0 Å². The average molecular weight is 409 g/mol. The number of hydrogen-bond donors (Lipinski definition) is 2. The fraction of sp³-hybridized carbons (Fsp3) is 0.0800. The lowest BCUT2D eigenvalue weighted by molar-refractivity contribution is 0.312. The molecular formula is C25H19N3O3. The van der Waals surface area contributed by atoms with Crippen molar-refractivity contribution < 1.29 is 14.9 Å². The van der Waals surface area contributed by atoms with E-state index in [0.717, 1.165) is 27.1 Å². The second kappa shape index (κ2) is 7.57. The molecule has 6 nitrogen and oxygen atoms in total. The second-order valence-corrected chi connectivity index (χ2v) is 7.09. The van der Waals surface area contributed by atoms with Gasteiger partial charge in [-0.15, -0.1) is 0 Å². The van der Waals surface area contributed by atoms with E-state index in [9.17, 15) is 10.2 Å². The van der Waals surface area contributed by atoms with Gasteiger partial charge in [-0.25, -0.2) is 4.98 Å². The van der Waals surface area contributed by atoms with E-state index in [0.29, 0.717) is 18.0 Å². The summed E-state index contributed by atoms with van der Waals surface area (Å²) in [5, 5.41) is 24.2. The Hall–Kier alpha value is -4.19. The summed E-state index contributed by atoms with van der Waals surface area (Å²) < 4.78 is 5.62. The highest BCUT2D eigenvalue weighted by Gasteiger charge is 2.18. The fourth-order valence-corrected chi connectivity index (χ4v) is 3.75. The van der Waals surface area contributed by atoms with Crippen LogP contribution in [0.5, 0.6) is 17.5 Å². The number of fused-ring (bicyclic) bond motifs is 2. The number of rotatable bonds is 4. The number of benzene rings is 4. The van der Waals surface area contributed by atoms with Crippen LogP contribution >= 0.6 is 0 Å². The van der Waals surface area contributed by atoms with Crippen molar-refractivity contribution in [3.63, 3.8) is 0 Å². The van der Waals surface area contributed by atoms with Gasteiger partial charge in [0.25, 0.3) is 0 Å². The Morgan fingerprint density at radius 3 is 2.03 bits per heavy atom. The van der Waals surface area contributed by atoms with Gasteiger partial charge in [0, 0.05) is 11.6 Å². The van der Waals surface area contributed by atoms with E-state index in [-0.39, 0.29) is 23.3 Å². The Morgan fingerprint density at radius 2 is 1.39 bits per heavy atom. The van der Waals surface area contributed by atoms with Crippen LogP contribution in [0.4, 0.5) is 0 Å². The summed E-state index contributed by atoms with van der Waals surface area (Å²) >= 11 is 0. The summed E-state index contributed by atoms with van der Waals surface area (Å²) in [5.74, 6) is 0.555. The van der Waals surface area contributed by atoms with Gasteiger partial charge in [0.2, 0.25) is 0 Å². The van der Waals surface area contributed by atoms with Crippen LogP contribution in [0.25, 0.3) is 44.3 Å². The second-order valence-electron chi connectivity index (χ2n) is 7.09. The molecule has 0 aliphatic rings. The van der Waals surface area contributed by atoms with Crippen molar-refractivity contribution in [2.45, 2.75) is 6.92 Å². The first kappa shape index (κ1) is 18.8. The van der Waals surface area contributed by atoms with Crippen molar-refractivity contribution in [3.05, 3.63) is 72.8 Å². The molecule has 1 aromatic heterocycles. The van der Waals surface area contributed by atoms with Gasteiger partial charge < -0.3 is 14.9 Å². The predicted molar refractivity (Wildman–Crippen MR) is 120 cm³/mol. The smallest absolute Gasteiger partial charge is 0.320 e. The molecule has 0 saturated heterocycles. The first-order valence-electron chi connectivity index (χ1n) is 9.96. The maximum Gasteiger partial charge on any atom is 0.320 e. The van der Waals surface area contributed by atoms with Gasteiger partial charge in [0.15, 0.2) is 11.6 Å². The fourth-order valence-electron chi connectivity index (χ4n) is 3.75. The molecule has 4 aromatic carbocycles. The molecule has 0 amide bonds. The number of ether oxygens (including phenoxy) is 1. The zero-order chi connectivity index (χ0) is 21.4. The molecule has 0 fully saturated rings. The first-order chi connectivity index (χ1) is 15.1. The van der Waals surface area contributed by atoms with Crippen LogP contribution < -0.4 is 4.74 Å². The Balaban J connectivity index is 1.84. The van der Waals surface area contributed by atoms with Crippen molar-refractivity contribution in [2.75, 3.05) is 6.61 Å². The molecule has 6 heteroatoms. The molecule has 5 rings (SSSR count). The summed E-state index contributed by atoms with van der Waals surface area (Å²) in [4.78, 5) is 13.7. The van der Waals surface area contributed by atoms with Crippen LogP contribution in [0.1, 0.15) is 6.92 Å². The van der Waals surface area contributed by atoms with E-state index in [4.69, 9.17) is 9.72 Å². The molecule has 0 aliphatic carbocycles. The van der Waals surface area contributed by atoms with Crippen LogP contribution in [0.2, 0.25) is 0 Å². The van der Waals surface area contributed by atoms with Crippen molar-refractivity contribution in [1.82, 2.24) is 15.0 Å². The predicted octanol–water partition coefficient (Wildman–Crippen LogP) is 5.32. The number of aromatic nitrogens is 3. The van der Waals surface area contributed by atoms with Crippen LogP contribution in [-0.2, 0) is 0 Å². The van der Waals surface area contributed by atoms with Crippen molar-refractivity contribution in [2.24, 2.45) is 0 Å². The number of phenols is 2. The van der Waals surface area contributed by atoms with Crippen molar-refractivity contribution in [1.29, 1.82) is 0 Å². The Labute approximate surface area is 178 Å². The van der Waals surface area contributed by atoms with Crippen LogP contribution in [0.15, 0.2) is 72.8 Å². The zero-order valence-electron chi connectivity index (χ0n) is 16.8. The molecule has 0 bridgehead atoms. The minimum atomic E-state index is -0.123. The lowest BCUT2D eigenvalue weighted by Gasteiger charge is -2.13. The van der Waals surface area contributed by atoms with Gasteiger partial charge in [-0.2, -0.15) is 9.97 Å². The van der Waals surface area contributed by atoms with Gasteiger partial charge in [-0.05, 0) is 46.7 Å². The minimum Gasteiger partial charge on any atom is -0.508 e. The zero-order valence-corrected chi connectivity index (χ0v) is 16.8. The summed E-state index contributed by atoms with van der Waals surface area (Å²) in [6.07, 6.45) is 0. The molecule has 152 valence electrons. The highest BCUT2D eigenvalue weighted by atomic mass is 16.5. The number of nitrogens with zero attached hydrogens (tertiary/aromatic N) is 3. The maximum absolute atomic E-state index is 10.4. The number of hydrogen-bond acceptors (Lipinski definition) is 6. The molecule has 0 saturated carbocycles. The van der Waals surface area contributed by atoms with Crippen molar-refractivity contribution in [3.8, 4) is 40.3 Å². The van der Waals surface area contributed by atoms with E-state index < -0.39 is 0 Å². The summed E-state index contributed by atoms with van der Waals surface area (Å²) in [7, 11) is 0. The average Bonchev–Trinajstić information content (AvgIpc) is 2.77. The monoisotopic (exact) mass is 409 g/mol. The molecule has 0 aliphatic heterocycles. The van der Waals surface area contributed by atoms with E-state index in [1.807, 2.05) is 43.3 Å². The topological polar surface area (TPSA) is 88.4 Å². The number of aromatic hydroxyl groups is 2. The third kappa shape index (κ3) is 3.38. The summed E-state index contributed by atoms with van der Waals surface area (Å²) in [5.41, 5.74) is 1.25. The lowest BCUT2D eigenvalue weighted by Crippen LogP contribution is -2.04. The molecule has 31 heavy (non-hydrogen) atoms. The Kier molecular flexibility index (Phi) is 4.59. The molecule has 5 aromatic rings. The van der Waals surface area contributed by atoms with Crippen LogP contribution in [-0.4, -0.2) is 31.8 Å². The molecule has 1 heterocycles. The third-order valence-electron chi connectivity index (χ3n) is 5.11. The van der Waals surface area contributed by atoms with Gasteiger partial charge in [0.05, 0.1) is 12.2 Å². The quantitative estimate of drug-likeness (QED) is 0.391.